The molecule has 1 aliphatic rings. The predicted octanol–water partition coefficient (Wildman–Crippen LogP) is -0.595. The molecule has 0 aromatic carbocycles. The number of carboxylic acids is 1. The van der Waals surface area contributed by atoms with Crippen LogP contribution in [-0.2, 0) is 9.59 Å². The first-order chi connectivity index (χ1) is 8.54. The Balaban J connectivity index is 2.24. The Morgan fingerprint density at radius 3 is 2.78 bits per heavy atom. The Morgan fingerprint density at radius 1 is 1.50 bits per heavy atom. The van der Waals surface area contributed by atoms with Crippen LogP contribution in [0.3, 0.4) is 0 Å². The Kier molecular flexibility index (Phi) is 5.16. The average molecular weight is 255 g/mol. The van der Waals surface area contributed by atoms with Gasteiger partial charge in [0.2, 0.25) is 5.91 Å². The quantitative estimate of drug-likeness (QED) is 0.552. The highest BCUT2D eigenvalue weighted by molar-refractivity contribution is 5.86. The van der Waals surface area contributed by atoms with Crippen LogP contribution in [-0.4, -0.2) is 54.1 Å². The number of carbonyl (C=O) groups is 3. The van der Waals surface area contributed by atoms with E-state index in [1.807, 2.05) is 0 Å². The van der Waals surface area contributed by atoms with Crippen molar-refractivity contribution in [2.45, 2.75) is 6.42 Å². The van der Waals surface area contributed by atoms with Crippen molar-refractivity contribution in [3.63, 3.8) is 0 Å². The number of nitrogens with zero attached hydrogens (tertiary/aromatic N) is 1. The second-order valence-corrected chi connectivity index (χ2v) is 4.00. The highest BCUT2D eigenvalue weighted by Gasteiger charge is 2.33. The zero-order valence-corrected chi connectivity index (χ0v) is 10.0. The van der Waals surface area contributed by atoms with Gasteiger partial charge in [-0.05, 0) is 0 Å². The smallest absolute Gasteiger partial charge is 0.315 e. The predicted molar refractivity (Wildman–Crippen MR) is 63.9 cm³/mol. The number of likely N-dealkylation sites (tertiary alicyclic amines) is 1. The number of rotatable bonds is 6. The maximum atomic E-state index is 11.5. The molecule has 3 N–H and O–H groups in total. The van der Waals surface area contributed by atoms with Crippen LogP contribution in [0.2, 0.25) is 0 Å². The van der Waals surface area contributed by atoms with E-state index in [0.717, 1.165) is 0 Å². The second kappa shape index (κ2) is 6.63. The minimum absolute atomic E-state index is 0.0397. The molecule has 0 aromatic rings. The fourth-order valence-corrected chi connectivity index (χ4v) is 1.69. The van der Waals surface area contributed by atoms with Crippen LogP contribution in [0.15, 0.2) is 12.7 Å². The molecule has 0 aliphatic carbocycles. The van der Waals surface area contributed by atoms with Crippen LogP contribution in [0.25, 0.3) is 0 Å². The summed E-state index contributed by atoms with van der Waals surface area (Å²) in [7, 11) is 0. The summed E-state index contributed by atoms with van der Waals surface area (Å²) < 4.78 is 0. The van der Waals surface area contributed by atoms with Gasteiger partial charge in [-0.3, -0.25) is 9.59 Å². The van der Waals surface area contributed by atoms with Gasteiger partial charge in [0.15, 0.2) is 0 Å². The molecule has 7 nitrogen and oxygen atoms in total. The zero-order valence-electron chi connectivity index (χ0n) is 10.0. The third-order valence-electron chi connectivity index (χ3n) is 2.64. The van der Waals surface area contributed by atoms with E-state index in [1.165, 1.54) is 4.90 Å². The Bertz CT molecular complexity index is 356. The molecular formula is C11H17N3O4. The van der Waals surface area contributed by atoms with E-state index >= 15 is 0 Å². The largest absolute Gasteiger partial charge is 0.481 e. The molecule has 1 heterocycles. The first-order valence-electron chi connectivity index (χ1n) is 5.67. The zero-order chi connectivity index (χ0) is 13.5. The van der Waals surface area contributed by atoms with Crippen molar-refractivity contribution in [2.75, 3.05) is 26.2 Å². The van der Waals surface area contributed by atoms with Crippen molar-refractivity contribution >= 4 is 17.9 Å². The molecule has 3 amide bonds. The summed E-state index contributed by atoms with van der Waals surface area (Å²) in [6.07, 6.45) is 1.60. The summed E-state index contributed by atoms with van der Waals surface area (Å²) >= 11 is 0. The van der Waals surface area contributed by atoms with Crippen LogP contribution >= 0.6 is 0 Å². The molecule has 1 aliphatic heterocycles. The molecule has 0 aromatic heterocycles. The van der Waals surface area contributed by atoms with Crippen molar-refractivity contribution in [1.29, 1.82) is 0 Å². The molecule has 100 valence electrons. The van der Waals surface area contributed by atoms with Crippen LogP contribution in [0, 0.1) is 5.92 Å². The maximum Gasteiger partial charge on any atom is 0.315 e. The van der Waals surface area contributed by atoms with E-state index in [-0.39, 0.29) is 24.9 Å². The maximum absolute atomic E-state index is 11.5. The summed E-state index contributed by atoms with van der Waals surface area (Å²) in [5, 5.41) is 13.9. The summed E-state index contributed by atoms with van der Waals surface area (Å²) in [5.41, 5.74) is 0. The van der Waals surface area contributed by atoms with Gasteiger partial charge >= 0.3 is 12.0 Å². The molecule has 0 spiro atoms. The molecule has 0 saturated carbocycles. The number of carboxylic acid groups (broad SMARTS) is 1. The highest BCUT2D eigenvalue weighted by Crippen LogP contribution is 2.16. The minimum atomic E-state index is -0.956. The molecule has 1 unspecified atom stereocenters. The van der Waals surface area contributed by atoms with Crippen molar-refractivity contribution in [1.82, 2.24) is 15.5 Å². The molecule has 1 fully saturated rings. The molecule has 1 rings (SSSR count). The third-order valence-corrected chi connectivity index (χ3v) is 2.64. The van der Waals surface area contributed by atoms with E-state index in [9.17, 15) is 14.4 Å². The minimum Gasteiger partial charge on any atom is -0.481 e. The van der Waals surface area contributed by atoms with E-state index in [1.54, 1.807) is 6.08 Å². The van der Waals surface area contributed by atoms with Crippen molar-refractivity contribution in [3.05, 3.63) is 12.7 Å². The van der Waals surface area contributed by atoms with Gasteiger partial charge in [-0.1, -0.05) is 6.08 Å². The van der Waals surface area contributed by atoms with Crippen LogP contribution in [0.5, 0.6) is 0 Å². The normalized spacial score (nSPS) is 18.6. The molecular weight excluding hydrogens is 238 g/mol. The number of carbonyl (C=O) groups excluding carboxylic acids is 2. The first-order valence-corrected chi connectivity index (χ1v) is 5.67. The fourth-order valence-electron chi connectivity index (χ4n) is 1.69. The van der Waals surface area contributed by atoms with Gasteiger partial charge in [-0.15, -0.1) is 6.58 Å². The number of nitrogens with one attached hydrogen (secondary N) is 2. The van der Waals surface area contributed by atoms with Crippen molar-refractivity contribution in [3.8, 4) is 0 Å². The lowest BCUT2D eigenvalue weighted by atomic mass is 10.1. The van der Waals surface area contributed by atoms with Gasteiger partial charge in [0.1, 0.15) is 0 Å². The highest BCUT2D eigenvalue weighted by atomic mass is 16.4. The van der Waals surface area contributed by atoms with Crippen LogP contribution < -0.4 is 10.6 Å². The molecule has 18 heavy (non-hydrogen) atoms. The fraction of sp³-hybridized carbons (Fsp3) is 0.545. The van der Waals surface area contributed by atoms with E-state index in [4.69, 9.17) is 5.11 Å². The number of hydrogen-bond donors (Lipinski definition) is 3. The lowest BCUT2D eigenvalue weighted by Gasteiger charge is -2.16. The van der Waals surface area contributed by atoms with Gasteiger partial charge in [0.05, 0.1) is 5.92 Å². The third kappa shape index (κ3) is 4.08. The molecule has 7 heteroatoms. The van der Waals surface area contributed by atoms with Gasteiger partial charge < -0.3 is 20.6 Å². The van der Waals surface area contributed by atoms with E-state index in [2.05, 4.69) is 17.2 Å². The topological polar surface area (TPSA) is 98.7 Å². The Hall–Kier alpha value is -2.05. The number of urea groups is 1. The van der Waals surface area contributed by atoms with Crippen molar-refractivity contribution < 1.29 is 19.5 Å². The molecule has 0 radical (unpaired) electrons. The number of hydrogen-bond acceptors (Lipinski definition) is 3. The lowest BCUT2D eigenvalue weighted by molar-refractivity contribution is -0.141. The van der Waals surface area contributed by atoms with Gasteiger partial charge in [-0.2, -0.15) is 0 Å². The Labute approximate surface area is 105 Å². The molecule has 0 bridgehead atoms. The molecule has 1 saturated heterocycles. The van der Waals surface area contributed by atoms with Crippen LogP contribution in [0.1, 0.15) is 6.42 Å². The molecule has 1 atom stereocenters. The van der Waals surface area contributed by atoms with Gasteiger partial charge in [0, 0.05) is 32.6 Å². The summed E-state index contributed by atoms with van der Waals surface area (Å²) in [6.45, 7) is 4.66. The number of aliphatic carboxylic acids is 1. The van der Waals surface area contributed by atoms with Crippen molar-refractivity contribution in [2.24, 2.45) is 5.92 Å². The van der Waals surface area contributed by atoms with Crippen LogP contribution in [0.4, 0.5) is 4.79 Å². The Morgan fingerprint density at radius 2 is 2.22 bits per heavy atom. The van der Waals surface area contributed by atoms with Gasteiger partial charge in [-0.25, -0.2) is 4.79 Å². The monoisotopic (exact) mass is 255 g/mol. The number of amides is 3. The SMILES string of the molecule is C=CCNC(=O)NCCN1CC(C(=O)O)CC1=O. The first kappa shape index (κ1) is 14.0. The van der Waals surface area contributed by atoms with Gasteiger partial charge in [0.25, 0.3) is 0 Å². The second-order valence-electron chi connectivity index (χ2n) is 4.00. The lowest BCUT2D eigenvalue weighted by Crippen LogP contribution is -2.40. The summed E-state index contributed by atoms with van der Waals surface area (Å²) in [6, 6.07) is -0.337. The summed E-state index contributed by atoms with van der Waals surface area (Å²) in [5.74, 6) is -1.77. The summed E-state index contributed by atoms with van der Waals surface area (Å²) in [4.78, 5) is 34.8. The standard InChI is InChI=1S/C11H17N3O4/c1-2-3-12-11(18)13-4-5-14-7-8(10(16)17)6-9(14)15/h2,8H,1,3-7H2,(H,16,17)(H2,12,13,18). The average Bonchev–Trinajstić information content (AvgIpc) is 2.69. The van der Waals surface area contributed by atoms with E-state index < -0.39 is 11.9 Å². The van der Waals surface area contributed by atoms with E-state index in [0.29, 0.717) is 19.6 Å².